The van der Waals surface area contributed by atoms with Crippen molar-refractivity contribution < 1.29 is 53.3 Å². The summed E-state index contributed by atoms with van der Waals surface area (Å²) in [6.07, 6.45) is -7.97. The Bertz CT molecular complexity index is 878. The molecule has 0 atom stereocenters. The van der Waals surface area contributed by atoms with Crippen molar-refractivity contribution in [1.29, 1.82) is 0 Å². The molecular weight excluding hydrogens is 430 g/mol. The predicted molar refractivity (Wildman–Crippen MR) is 78.0 cm³/mol. The molecule has 0 aromatic carbocycles. The number of alkyl halides is 6. The second kappa shape index (κ2) is 8.10. The smallest absolute Gasteiger partial charge is 0.433 e. The van der Waals surface area contributed by atoms with Crippen LogP contribution >= 0.6 is 0 Å². The Morgan fingerprint density at radius 2 is 1.30 bits per heavy atom. The molecule has 2 aromatic heterocycles. The van der Waals surface area contributed by atoms with Gasteiger partial charge >= 0.3 is 12.4 Å². The van der Waals surface area contributed by atoms with Crippen LogP contribution in [0, 0.1) is 0 Å². The summed E-state index contributed by atoms with van der Waals surface area (Å²) in [5.41, 5.74) is -3.78. The second-order valence-corrected chi connectivity index (χ2v) is 5.16. The zero-order chi connectivity index (χ0) is 19.7. The van der Waals surface area contributed by atoms with Crippen molar-refractivity contribution in [2.75, 3.05) is 0 Å². The minimum atomic E-state index is -4.78. The third-order valence-corrected chi connectivity index (χ3v) is 3.33. The fourth-order valence-corrected chi connectivity index (χ4v) is 2.00. The molecule has 0 saturated heterocycles. The van der Waals surface area contributed by atoms with Crippen molar-refractivity contribution in [2.24, 2.45) is 0 Å². The molecule has 11 heteroatoms. The third-order valence-electron chi connectivity index (χ3n) is 3.33. The van der Waals surface area contributed by atoms with Crippen LogP contribution in [0.3, 0.4) is 0 Å². The van der Waals surface area contributed by atoms with Crippen LogP contribution < -0.4 is 0 Å². The second-order valence-electron chi connectivity index (χ2n) is 5.16. The molecule has 4 nitrogen and oxygen atoms in total. The summed E-state index contributed by atoms with van der Waals surface area (Å²) >= 11 is 0. The number of hydrogen-bond donors (Lipinski definition) is 1. The summed E-state index contributed by atoms with van der Waals surface area (Å²) in [4.78, 5) is 18.5. The largest absolute Gasteiger partial charge is 0.507 e. The zero-order valence-corrected chi connectivity index (χ0v) is 14.2. The van der Waals surface area contributed by atoms with Crippen molar-refractivity contribution >= 4 is 11.5 Å². The van der Waals surface area contributed by atoms with E-state index in [1.807, 2.05) is 0 Å². The van der Waals surface area contributed by atoms with E-state index in [2.05, 4.69) is 9.97 Å². The molecule has 1 N–H and O–H groups in total. The van der Waals surface area contributed by atoms with E-state index in [1.54, 1.807) is 0 Å². The number of halogens is 6. The van der Waals surface area contributed by atoms with Gasteiger partial charge in [-0.15, -0.1) is 0 Å². The summed E-state index contributed by atoms with van der Waals surface area (Å²) in [7, 11) is 0. The number of pyridine rings is 2. The Morgan fingerprint density at radius 3 is 1.74 bits per heavy atom. The maximum atomic E-state index is 12.7. The number of hydrogen-bond acceptors (Lipinski definition) is 4. The average Bonchev–Trinajstić information content (AvgIpc) is 2.58. The quantitative estimate of drug-likeness (QED) is 0.248. The molecule has 27 heavy (non-hydrogen) atoms. The van der Waals surface area contributed by atoms with Crippen LogP contribution in [-0.2, 0) is 29.4 Å². The van der Waals surface area contributed by atoms with E-state index in [1.165, 1.54) is 0 Å². The number of ketones is 1. The van der Waals surface area contributed by atoms with Crippen LogP contribution in [0.5, 0.6) is 0 Å². The fourth-order valence-electron chi connectivity index (χ4n) is 2.00. The number of carbonyl (C=O) groups is 1. The number of allylic oxidation sites excluding steroid dienone is 1. The molecule has 149 valence electrons. The van der Waals surface area contributed by atoms with Crippen LogP contribution in [0.2, 0.25) is 0 Å². The first-order valence-corrected chi connectivity index (χ1v) is 6.92. The van der Waals surface area contributed by atoms with Crippen LogP contribution in [0.1, 0.15) is 34.2 Å². The standard InChI is InChI=1S/C16H10F6N2O2.Cu/c1-8(13(25)9-2-4-23-11(6-9)15(17,18)19)14(26)10-3-5-24-12(7-10)16(20,21)22;/h2-7,25H,1H3;/b13-8-;. The van der Waals surface area contributed by atoms with Gasteiger partial charge in [0.05, 0.1) is 0 Å². The maximum Gasteiger partial charge on any atom is 0.433 e. The van der Waals surface area contributed by atoms with E-state index >= 15 is 0 Å². The Morgan fingerprint density at radius 1 is 0.889 bits per heavy atom. The minimum absolute atomic E-state index is 0. The maximum absolute atomic E-state index is 12.7. The molecule has 0 aliphatic rings. The van der Waals surface area contributed by atoms with E-state index in [0.717, 1.165) is 31.5 Å². The predicted octanol–water partition coefficient (Wildman–Crippen LogP) is 4.68. The van der Waals surface area contributed by atoms with Crippen LogP contribution in [0.25, 0.3) is 5.76 Å². The molecule has 0 fully saturated rings. The molecule has 2 rings (SSSR count). The van der Waals surface area contributed by atoms with Crippen molar-refractivity contribution in [3.05, 3.63) is 64.7 Å². The van der Waals surface area contributed by atoms with Gasteiger partial charge in [0.1, 0.15) is 17.1 Å². The molecule has 2 heterocycles. The summed E-state index contributed by atoms with van der Waals surface area (Å²) in [6, 6.07) is 3.06. The van der Waals surface area contributed by atoms with Crippen LogP contribution in [0.15, 0.2) is 42.2 Å². The van der Waals surface area contributed by atoms with Gasteiger partial charge in [-0.2, -0.15) is 26.3 Å². The Balaban J connectivity index is 0.00000364. The molecule has 0 amide bonds. The van der Waals surface area contributed by atoms with Crippen molar-refractivity contribution in [3.8, 4) is 0 Å². The fraction of sp³-hybridized carbons (Fsp3) is 0.188. The van der Waals surface area contributed by atoms with E-state index in [4.69, 9.17) is 0 Å². The van der Waals surface area contributed by atoms with Gasteiger partial charge in [0.2, 0.25) is 0 Å². The Kier molecular flexibility index (Phi) is 6.79. The van der Waals surface area contributed by atoms with Crippen molar-refractivity contribution in [2.45, 2.75) is 19.3 Å². The van der Waals surface area contributed by atoms with E-state index in [-0.39, 0.29) is 22.6 Å². The normalized spacial score (nSPS) is 12.9. The first kappa shape index (κ1) is 22.7. The molecule has 0 aliphatic heterocycles. The number of aromatic nitrogens is 2. The van der Waals surface area contributed by atoms with Crippen molar-refractivity contribution in [1.82, 2.24) is 9.97 Å². The molecule has 1 radical (unpaired) electrons. The van der Waals surface area contributed by atoms with Crippen LogP contribution in [-0.4, -0.2) is 20.9 Å². The third kappa shape index (κ3) is 5.30. The Labute approximate surface area is 159 Å². The zero-order valence-electron chi connectivity index (χ0n) is 13.3. The first-order chi connectivity index (χ1) is 11.9. The SMILES string of the molecule is C/C(C(=O)c1ccnc(C(F)(F)F)c1)=C(/O)c1ccnc(C(F)(F)F)c1.[Cu]. The van der Waals surface area contributed by atoms with E-state index in [9.17, 15) is 36.2 Å². The van der Waals surface area contributed by atoms with Gasteiger partial charge < -0.3 is 5.11 Å². The molecule has 0 spiro atoms. The minimum Gasteiger partial charge on any atom is -0.507 e. The molecule has 0 unspecified atom stereocenters. The average molecular weight is 440 g/mol. The first-order valence-electron chi connectivity index (χ1n) is 6.92. The van der Waals surface area contributed by atoms with Crippen molar-refractivity contribution in [3.63, 3.8) is 0 Å². The van der Waals surface area contributed by atoms with Gasteiger partial charge in [-0.1, -0.05) is 0 Å². The van der Waals surface area contributed by atoms with E-state index in [0.29, 0.717) is 12.1 Å². The van der Waals surface area contributed by atoms with Gasteiger partial charge in [-0.3, -0.25) is 14.8 Å². The number of rotatable bonds is 3. The van der Waals surface area contributed by atoms with Gasteiger partial charge in [-0.25, -0.2) is 0 Å². The number of carbonyl (C=O) groups excluding carboxylic acids is 1. The number of Topliss-reactive ketones (excluding diaryl/α,β-unsaturated/α-hetero) is 1. The summed E-state index contributed by atoms with van der Waals surface area (Å²) in [5, 5.41) is 10.1. The van der Waals surface area contributed by atoms with Gasteiger partial charge in [0.15, 0.2) is 5.78 Å². The van der Waals surface area contributed by atoms with E-state index < -0.39 is 46.4 Å². The molecule has 2 aromatic rings. The van der Waals surface area contributed by atoms with Crippen LogP contribution in [0.4, 0.5) is 26.3 Å². The monoisotopic (exact) mass is 439 g/mol. The Hall–Kier alpha value is -2.39. The van der Waals surface area contributed by atoms with Gasteiger partial charge in [0, 0.05) is 46.2 Å². The summed E-state index contributed by atoms with van der Waals surface area (Å²) < 4.78 is 76.0. The van der Waals surface area contributed by atoms with Gasteiger partial charge in [0.25, 0.3) is 0 Å². The molecular formula is C16H10CuF6N2O2. The molecule has 0 aliphatic carbocycles. The van der Waals surface area contributed by atoms with Gasteiger partial charge in [-0.05, 0) is 31.2 Å². The molecule has 0 bridgehead atoms. The summed E-state index contributed by atoms with van der Waals surface area (Å²) in [5.74, 6) is -1.78. The summed E-state index contributed by atoms with van der Waals surface area (Å²) in [6.45, 7) is 1.08. The number of aliphatic hydroxyl groups is 1. The molecule has 0 saturated carbocycles. The number of aliphatic hydroxyl groups excluding tert-OH is 1. The number of nitrogens with zero attached hydrogens (tertiary/aromatic N) is 2. The topological polar surface area (TPSA) is 63.1 Å².